The molecule has 1 amide bonds. The number of carbonyl (C=O) groups excluding carboxylic acids is 2. The summed E-state index contributed by atoms with van der Waals surface area (Å²) in [4.78, 5) is 24.7. The molecule has 164 valence electrons. The zero-order chi connectivity index (χ0) is 22.6. The van der Waals surface area contributed by atoms with Crippen molar-refractivity contribution in [1.82, 2.24) is 5.32 Å². The van der Waals surface area contributed by atoms with Gasteiger partial charge in [0.2, 0.25) is 0 Å². The predicted molar refractivity (Wildman–Crippen MR) is 118 cm³/mol. The summed E-state index contributed by atoms with van der Waals surface area (Å²) in [6.45, 7) is 0.633. The largest absolute Gasteiger partial charge is 1.00 e. The first kappa shape index (κ1) is 25.1. The first-order valence-electron chi connectivity index (χ1n) is 10.2. The number of halogens is 1. The van der Waals surface area contributed by atoms with Gasteiger partial charge in [0.25, 0.3) is 5.91 Å². The zero-order valence-corrected chi connectivity index (χ0v) is 20.9. The Balaban J connectivity index is 0.00000306. The van der Waals surface area contributed by atoms with Gasteiger partial charge < -0.3 is 24.7 Å². The molecule has 1 N–H and O–H groups in total. The van der Waals surface area contributed by atoms with Crippen LogP contribution >= 0.6 is 11.6 Å². The summed E-state index contributed by atoms with van der Waals surface area (Å²) in [7, 11) is 0. The smallest absolute Gasteiger partial charge is 0.545 e. The van der Waals surface area contributed by atoms with Crippen molar-refractivity contribution in [3.05, 3.63) is 94.5 Å². The summed E-state index contributed by atoms with van der Waals surface area (Å²) >= 11 is 6.37. The molecule has 0 saturated heterocycles. The Kier molecular flexibility index (Phi) is 8.43. The summed E-state index contributed by atoms with van der Waals surface area (Å²) in [5.74, 6) is -1.09. The quantitative estimate of drug-likeness (QED) is 0.493. The van der Waals surface area contributed by atoms with Crippen LogP contribution in [0.1, 0.15) is 27.9 Å². The first-order valence-corrected chi connectivity index (χ1v) is 10.6. The maximum absolute atomic E-state index is 12.5. The van der Waals surface area contributed by atoms with Gasteiger partial charge in [0.05, 0.1) is 17.6 Å². The van der Waals surface area contributed by atoms with E-state index in [1.807, 2.05) is 30.3 Å². The number of fused-ring (bicyclic) bond motifs is 1. The minimum Gasteiger partial charge on any atom is -0.545 e. The van der Waals surface area contributed by atoms with Crippen molar-refractivity contribution < 1.29 is 53.7 Å². The molecule has 4 rings (SSSR count). The number of ether oxygens (including phenoxy) is 2. The summed E-state index contributed by atoms with van der Waals surface area (Å²) in [5.41, 5.74) is 0.104. The molecular weight excluding hydrogens is 453 g/mol. The molecule has 0 spiro atoms. The molecule has 3 aromatic rings. The molecule has 0 aromatic heterocycles. The Labute approximate surface area is 219 Å². The Morgan fingerprint density at radius 2 is 1.79 bits per heavy atom. The van der Waals surface area contributed by atoms with Crippen molar-refractivity contribution in [2.24, 2.45) is 0 Å². The van der Waals surface area contributed by atoms with E-state index in [9.17, 15) is 14.7 Å². The molecule has 1 heterocycles. The van der Waals surface area contributed by atoms with Gasteiger partial charge in [-0.15, -0.1) is 0 Å². The molecule has 1 atom stereocenters. The van der Waals surface area contributed by atoms with E-state index in [1.54, 1.807) is 30.3 Å². The van der Waals surface area contributed by atoms with Crippen molar-refractivity contribution in [1.29, 1.82) is 0 Å². The Morgan fingerprint density at radius 3 is 2.52 bits per heavy atom. The number of carboxylic acid groups (broad SMARTS) is 1. The maximum Gasteiger partial charge on any atom is 1.00 e. The standard InChI is InChI=1S/C25H22ClNO5.Na/c26-20-16-18(23(28)27-14-12-17-6-2-1-3-7-17)10-11-22(20)32-25(24(29)30)13-15-31-21-9-5-4-8-19(21)25;/h1-11,16H,12-15H2,(H,27,28)(H,29,30);/q;+1/p-1. The third-order valence-corrected chi connectivity index (χ3v) is 5.68. The van der Waals surface area contributed by atoms with E-state index < -0.39 is 11.6 Å². The van der Waals surface area contributed by atoms with Crippen LogP contribution in [-0.2, 0) is 16.8 Å². The number of benzene rings is 3. The topological polar surface area (TPSA) is 87.7 Å². The molecule has 6 nitrogen and oxygen atoms in total. The molecule has 0 radical (unpaired) electrons. The van der Waals surface area contributed by atoms with Gasteiger partial charge in [-0.3, -0.25) is 4.79 Å². The number of para-hydroxylation sites is 1. The van der Waals surface area contributed by atoms with Gasteiger partial charge in [-0.25, -0.2) is 0 Å². The van der Waals surface area contributed by atoms with E-state index in [4.69, 9.17) is 21.1 Å². The first-order chi connectivity index (χ1) is 15.5. The zero-order valence-electron chi connectivity index (χ0n) is 18.2. The molecular formula is C25H21ClNNaO5. The van der Waals surface area contributed by atoms with Crippen LogP contribution in [0.4, 0.5) is 0 Å². The third-order valence-electron chi connectivity index (χ3n) is 5.38. The number of carboxylic acids is 1. The number of hydrogen-bond donors (Lipinski definition) is 1. The monoisotopic (exact) mass is 473 g/mol. The fraction of sp³-hybridized carbons (Fsp3) is 0.200. The number of aliphatic carboxylic acids is 1. The van der Waals surface area contributed by atoms with Gasteiger partial charge in [0.1, 0.15) is 11.5 Å². The Hall–Kier alpha value is -2.51. The molecule has 33 heavy (non-hydrogen) atoms. The summed E-state index contributed by atoms with van der Waals surface area (Å²) in [6, 6.07) is 21.1. The van der Waals surface area contributed by atoms with Gasteiger partial charge >= 0.3 is 29.6 Å². The fourth-order valence-electron chi connectivity index (χ4n) is 3.70. The fourth-order valence-corrected chi connectivity index (χ4v) is 3.92. The molecule has 8 heteroatoms. The average molecular weight is 474 g/mol. The van der Waals surface area contributed by atoms with E-state index in [0.717, 1.165) is 5.56 Å². The van der Waals surface area contributed by atoms with Gasteiger partial charge in [-0.05, 0) is 36.2 Å². The second-order valence-electron chi connectivity index (χ2n) is 7.45. The molecule has 1 unspecified atom stereocenters. The number of carbonyl (C=O) groups is 2. The molecule has 1 aliphatic heterocycles. The van der Waals surface area contributed by atoms with Crippen molar-refractivity contribution in [3.63, 3.8) is 0 Å². The van der Waals surface area contributed by atoms with E-state index in [0.29, 0.717) is 29.8 Å². The van der Waals surface area contributed by atoms with Crippen LogP contribution < -0.4 is 49.5 Å². The van der Waals surface area contributed by atoms with Gasteiger partial charge in [-0.1, -0.05) is 60.1 Å². The molecule has 0 fully saturated rings. The van der Waals surface area contributed by atoms with Crippen LogP contribution in [0.15, 0.2) is 72.8 Å². The molecule has 0 aliphatic carbocycles. The van der Waals surface area contributed by atoms with Gasteiger partial charge in [0, 0.05) is 24.1 Å². The summed E-state index contributed by atoms with van der Waals surface area (Å²) < 4.78 is 11.5. The Morgan fingerprint density at radius 1 is 1.06 bits per heavy atom. The van der Waals surface area contributed by atoms with Crippen molar-refractivity contribution in [2.75, 3.05) is 13.2 Å². The van der Waals surface area contributed by atoms with Crippen molar-refractivity contribution >= 4 is 23.5 Å². The molecule has 3 aromatic carbocycles. The van der Waals surface area contributed by atoms with Crippen LogP contribution in [0.3, 0.4) is 0 Å². The molecule has 0 bridgehead atoms. The van der Waals surface area contributed by atoms with Crippen LogP contribution in [-0.4, -0.2) is 25.0 Å². The number of amides is 1. The number of hydrogen-bond acceptors (Lipinski definition) is 5. The minimum absolute atomic E-state index is 0. The number of rotatable bonds is 7. The van der Waals surface area contributed by atoms with Crippen LogP contribution in [0, 0.1) is 0 Å². The van der Waals surface area contributed by atoms with Gasteiger partial charge in [0.15, 0.2) is 5.60 Å². The minimum atomic E-state index is -1.74. The number of nitrogens with one attached hydrogen (secondary N) is 1. The maximum atomic E-state index is 12.5. The van der Waals surface area contributed by atoms with E-state index in [1.165, 1.54) is 12.1 Å². The normalized spacial score (nSPS) is 16.5. The molecule has 1 aliphatic rings. The summed E-state index contributed by atoms with van der Waals surface area (Å²) in [5, 5.41) is 15.2. The second kappa shape index (κ2) is 11.1. The van der Waals surface area contributed by atoms with Gasteiger partial charge in [-0.2, -0.15) is 0 Å². The summed E-state index contributed by atoms with van der Waals surface area (Å²) in [6.07, 6.45) is 0.765. The van der Waals surface area contributed by atoms with Crippen LogP contribution in [0.25, 0.3) is 0 Å². The van der Waals surface area contributed by atoms with E-state index in [2.05, 4.69) is 5.32 Å². The average Bonchev–Trinajstić information content (AvgIpc) is 2.81. The van der Waals surface area contributed by atoms with E-state index >= 15 is 0 Å². The Bertz CT molecular complexity index is 1140. The third kappa shape index (κ3) is 5.53. The van der Waals surface area contributed by atoms with Crippen LogP contribution in [0.5, 0.6) is 11.5 Å². The van der Waals surface area contributed by atoms with Crippen LogP contribution in [0.2, 0.25) is 5.02 Å². The SMILES string of the molecule is O=C(NCCc1ccccc1)c1ccc(OC2(C(=O)[O-])CCOc3ccccc32)c(Cl)c1.[Na+]. The van der Waals surface area contributed by atoms with E-state index in [-0.39, 0.29) is 59.3 Å². The van der Waals surface area contributed by atoms with Crippen molar-refractivity contribution in [3.8, 4) is 11.5 Å². The van der Waals surface area contributed by atoms with Crippen molar-refractivity contribution in [2.45, 2.75) is 18.4 Å². The predicted octanol–water partition coefficient (Wildman–Crippen LogP) is 0.123. The molecule has 0 saturated carbocycles. The second-order valence-corrected chi connectivity index (χ2v) is 7.86.